The molecule has 1 aromatic carbocycles. The predicted octanol–water partition coefficient (Wildman–Crippen LogP) is 2.96. The maximum atomic E-state index is 11.8. The standard InChI is InChI=1S/C16H18N2O4S/c19-15(8-5-13-10-23-11-17-13)18-12-3-6-14(7-4-12)22-9-1-2-16(20)21/h3-4,6-7,10-11H,1-2,5,8-9H2,(H,18,19)(H,20,21). The summed E-state index contributed by atoms with van der Waals surface area (Å²) in [4.78, 5) is 26.4. The molecule has 0 bridgehead atoms. The Morgan fingerprint density at radius 1 is 1.22 bits per heavy atom. The third-order valence-corrected chi connectivity index (χ3v) is 3.67. The van der Waals surface area contributed by atoms with Gasteiger partial charge in [0.25, 0.3) is 0 Å². The van der Waals surface area contributed by atoms with E-state index >= 15 is 0 Å². The van der Waals surface area contributed by atoms with Gasteiger partial charge in [-0.1, -0.05) is 0 Å². The fraction of sp³-hybridized carbons (Fsp3) is 0.312. The van der Waals surface area contributed by atoms with Gasteiger partial charge in [0.2, 0.25) is 5.91 Å². The Bertz CT molecular complexity index is 626. The van der Waals surface area contributed by atoms with Crippen LogP contribution in [0.3, 0.4) is 0 Å². The smallest absolute Gasteiger partial charge is 0.303 e. The monoisotopic (exact) mass is 334 g/mol. The van der Waals surface area contributed by atoms with Gasteiger partial charge in [-0.2, -0.15) is 0 Å². The Morgan fingerprint density at radius 2 is 2.00 bits per heavy atom. The molecular formula is C16H18N2O4S. The molecule has 122 valence electrons. The van der Waals surface area contributed by atoms with Crippen LogP contribution in [-0.2, 0) is 16.0 Å². The zero-order chi connectivity index (χ0) is 16.5. The zero-order valence-corrected chi connectivity index (χ0v) is 13.3. The van der Waals surface area contributed by atoms with Crippen LogP contribution in [0.1, 0.15) is 25.0 Å². The molecule has 6 nitrogen and oxygen atoms in total. The molecule has 2 aromatic rings. The number of carboxylic acid groups (broad SMARTS) is 1. The number of aliphatic carboxylic acids is 1. The van der Waals surface area contributed by atoms with E-state index in [1.165, 1.54) is 11.3 Å². The highest BCUT2D eigenvalue weighted by Crippen LogP contribution is 2.16. The molecule has 0 aliphatic heterocycles. The number of carbonyl (C=O) groups is 2. The molecule has 1 amide bonds. The van der Waals surface area contributed by atoms with Crippen molar-refractivity contribution in [2.45, 2.75) is 25.7 Å². The molecule has 0 spiro atoms. The third-order valence-electron chi connectivity index (χ3n) is 3.03. The summed E-state index contributed by atoms with van der Waals surface area (Å²) >= 11 is 1.52. The highest BCUT2D eigenvalue weighted by molar-refractivity contribution is 7.07. The van der Waals surface area contributed by atoms with Crippen LogP contribution in [0, 0.1) is 0 Å². The van der Waals surface area contributed by atoms with Crippen molar-refractivity contribution in [3.63, 3.8) is 0 Å². The first-order valence-electron chi connectivity index (χ1n) is 7.25. The topological polar surface area (TPSA) is 88.5 Å². The van der Waals surface area contributed by atoms with E-state index in [-0.39, 0.29) is 12.3 Å². The van der Waals surface area contributed by atoms with E-state index in [1.807, 2.05) is 5.38 Å². The number of aryl methyl sites for hydroxylation is 1. The first-order valence-corrected chi connectivity index (χ1v) is 8.19. The predicted molar refractivity (Wildman–Crippen MR) is 87.9 cm³/mol. The molecule has 1 heterocycles. The number of benzene rings is 1. The summed E-state index contributed by atoms with van der Waals surface area (Å²) in [5.74, 6) is -0.242. The molecule has 23 heavy (non-hydrogen) atoms. The van der Waals surface area contributed by atoms with Crippen molar-refractivity contribution in [1.29, 1.82) is 0 Å². The van der Waals surface area contributed by atoms with Crippen molar-refractivity contribution >= 4 is 28.9 Å². The molecule has 0 atom stereocenters. The number of rotatable bonds is 9. The molecule has 0 saturated carbocycles. The second kappa shape index (κ2) is 8.89. The maximum Gasteiger partial charge on any atom is 0.303 e. The second-order valence-corrected chi connectivity index (χ2v) is 5.62. The van der Waals surface area contributed by atoms with Crippen molar-refractivity contribution in [1.82, 2.24) is 4.98 Å². The number of ether oxygens (including phenoxy) is 1. The van der Waals surface area contributed by atoms with E-state index in [1.54, 1.807) is 29.8 Å². The van der Waals surface area contributed by atoms with Gasteiger partial charge in [-0.25, -0.2) is 4.98 Å². The molecule has 0 radical (unpaired) electrons. The summed E-state index contributed by atoms with van der Waals surface area (Å²) in [6.45, 7) is 0.353. The van der Waals surface area contributed by atoms with Gasteiger partial charge < -0.3 is 15.2 Å². The minimum Gasteiger partial charge on any atom is -0.494 e. The zero-order valence-electron chi connectivity index (χ0n) is 12.5. The quantitative estimate of drug-likeness (QED) is 0.688. The van der Waals surface area contributed by atoms with Crippen LogP contribution in [0.2, 0.25) is 0 Å². The summed E-state index contributed by atoms with van der Waals surface area (Å²) in [6, 6.07) is 7.01. The van der Waals surface area contributed by atoms with Gasteiger partial charge in [0.1, 0.15) is 5.75 Å². The number of nitrogens with zero attached hydrogens (tertiary/aromatic N) is 1. The first kappa shape index (κ1) is 17.0. The first-order chi connectivity index (χ1) is 11.1. The van der Waals surface area contributed by atoms with E-state index in [2.05, 4.69) is 10.3 Å². The van der Waals surface area contributed by atoms with Crippen LogP contribution >= 0.6 is 11.3 Å². The van der Waals surface area contributed by atoms with Crippen LogP contribution in [0.4, 0.5) is 5.69 Å². The Morgan fingerprint density at radius 3 is 2.65 bits per heavy atom. The summed E-state index contributed by atoms with van der Waals surface area (Å²) in [5.41, 5.74) is 3.38. The molecule has 1 aromatic heterocycles. The molecular weight excluding hydrogens is 316 g/mol. The highest BCUT2D eigenvalue weighted by atomic mass is 32.1. The lowest BCUT2D eigenvalue weighted by atomic mass is 10.2. The van der Waals surface area contributed by atoms with Gasteiger partial charge in [0, 0.05) is 23.9 Å². The number of hydrogen-bond donors (Lipinski definition) is 2. The number of anilines is 1. The van der Waals surface area contributed by atoms with Crippen LogP contribution in [0.25, 0.3) is 0 Å². The molecule has 0 unspecified atom stereocenters. The lowest BCUT2D eigenvalue weighted by Crippen LogP contribution is -2.12. The molecule has 0 aliphatic carbocycles. The Labute approximate surface area is 138 Å². The summed E-state index contributed by atoms with van der Waals surface area (Å²) in [6.07, 6.45) is 1.56. The third kappa shape index (κ3) is 6.48. The largest absolute Gasteiger partial charge is 0.494 e. The van der Waals surface area contributed by atoms with Crippen molar-refractivity contribution < 1.29 is 19.4 Å². The highest BCUT2D eigenvalue weighted by Gasteiger charge is 2.05. The van der Waals surface area contributed by atoms with Crippen LogP contribution in [0.5, 0.6) is 5.75 Å². The minimum absolute atomic E-state index is 0.0619. The van der Waals surface area contributed by atoms with Crippen molar-refractivity contribution in [3.05, 3.63) is 40.8 Å². The van der Waals surface area contributed by atoms with Crippen molar-refractivity contribution in [3.8, 4) is 5.75 Å². The second-order valence-electron chi connectivity index (χ2n) is 4.90. The normalized spacial score (nSPS) is 10.3. The van der Waals surface area contributed by atoms with Crippen molar-refractivity contribution in [2.75, 3.05) is 11.9 Å². The fourth-order valence-electron chi connectivity index (χ4n) is 1.87. The van der Waals surface area contributed by atoms with Crippen LogP contribution in [0.15, 0.2) is 35.2 Å². The molecule has 2 N–H and O–H groups in total. The summed E-state index contributed by atoms with van der Waals surface area (Å²) in [5, 5.41) is 13.3. The van der Waals surface area contributed by atoms with Crippen LogP contribution < -0.4 is 10.1 Å². The van der Waals surface area contributed by atoms with Gasteiger partial charge in [-0.3, -0.25) is 9.59 Å². The summed E-state index contributed by atoms with van der Waals surface area (Å²) in [7, 11) is 0. The number of hydrogen-bond acceptors (Lipinski definition) is 5. The minimum atomic E-state index is -0.829. The SMILES string of the molecule is O=C(O)CCCOc1ccc(NC(=O)CCc2cscn2)cc1. The number of thiazole rings is 1. The Hall–Kier alpha value is -2.41. The van der Waals surface area contributed by atoms with Crippen molar-refractivity contribution in [2.24, 2.45) is 0 Å². The summed E-state index contributed by atoms with van der Waals surface area (Å²) < 4.78 is 5.43. The maximum absolute atomic E-state index is 11.8. The number of aromatic nitrogens is 1. The molecule has 0 aliphatic rings. The van der Waals surface area contributed by atoms with Gasteiger partial charge >= 0.3 is 5.97 Å². The fourth-order valence-corrected chi connectivity index (χ4v) is 2.47. The Kier molecular flexibility index (Phi) is 6.56. The lowest BCUT2D eigenvalue weighted by molar-refractivity contribution is -0.137. The van der Waals surface area contributed by atoms with E-state index in [0.29, 0.717) is 37.3 Å². The number of amides is 1. The lowest BCUT2D eigenvalue weighted by Gasteiger charge is -2.08. The van der Waals surface area contributed by atoms with E-state index < -0.39 is 5.97 Å². The molecule has 0 fully saturated rings. The van der Waals surface area contributed by atoms with E-state index in [9.17, 15) is 9.59 Å². The average Bonchev–Trinajstić information content (AvgIpc) is 3.04. The van der Waals surface area contributed by atoms with Crippen LogP contribution in [-0.4, -0.2) is 28.6 Å². The number of nitrogens with one attached hydrogen (secondary N) is 1. The number of carboxylic acids is 1. The van der Waals surface area contributed by atoms with Gasteiger partial charge in [0.15, 0.2) is 0 Å². The number of carbonyl (C=O) groups excluding carboxylic acids is 1. The van der Waals surface area contributed by atoms with Gasteiger partial charge in [-0.15, -0.1) is 11.3 Å². The van der Waals surface area contributed by atoms with E-state index in [0.717, 1.165) is 5.69 Å². The average molecular weight is 334 g/mol. The molecule has 2 rings (SSSR count). The van der Waals surface area contributed by atoms with Gasteiger partial charge in [0.05, 0.1) is 17.8 Å². The molecule has 7 heteroatoms. The van der Waals surface area contributed by atoms with Gasteiger partial charge in [-0.05, 0) is 37.1 Å². The van der Waals surface area contributed by atoms with E-state index in [4.69, 9.17) is 9.84 Å². The Balaban J connectivity index is 1.71. The molecule has 0 saturated heterocycles.